The summed E-state index contributed by atoms with van der Waals surface area (Å²) in [5.41, 5.74) is 7.59. The molecule has 0 spiro atoms. The fourth-order valence-corrected chi connectivity index (χ4v) is 2.36. The van der Waals surface area contributed by atoms with Gasteiger partial charge in [0.05, 0.1) is 11.9 Å². The average Bonchev–Trinajstić information content (AvgIpc) is 2.61. The van der Waals surface area contributed by atoms with Gasteiger partial charge in [-0.25, -0.2) is 17.4 Å². The smallest absolute Gasteiger partial charge is 0.237 e. The number of hydrogen-bond acceptors (Lipinski definition) is 4. The molecule has 0 amide bonds. The van der Waals surface area contributed by atoms with Crippen LogP contribution in [-0.4, -0.2) is 23.6 Å². The summed E-state index contributed by atoms with van der Waals surface area (Å²) >= 11 is 0. The molecule has 0 aliphatic heterocycles. The Balaban J connectivity index is 2.64. The third-order valence-corrected chi connectivity index (χ3v) is 3.31. The molecular weight excluding hydrogens is 238 g/mol. The van der Waals surface area contributed by atoms with Crippen molar-refractivity contribution in [1.29, 1.82) is 0 Å². The maximum Gasteiger partial charge on any atom is 0.237 e. The Morgan fingerprint density at radius 1 is 1.24 bits per heavy atom. The van der Waals surface area contributed by atoms with Crippen LogP contribution in [0.15, 0.2) is 30.5 Å². The van der Waals surface area contributed by atoms with Crippen LogP contribution in [0.2, 0.25) is 0 Å². The largest absolute Gasteiger partial charge is 0.399 e. The maximum absolute atomic E-state index is 11.6. The van der Waals surface area contributed by atoms with E-state index in [-0.39, 0.29) is 0 Å². The fraction of sp³-hybridized carbons (Fsp3) is 0.182. The van der Waals surface area contributed by atoms with Crippen molar-refractivity contribution >= 4 is 15.7 Å². The van der Waals surface area contributed by atoms with Crippen molar-refractivity contribution in [2.24, 2.45) is 0 Å². The molecule has 2 aromatic rings. The SMILES string of the molecule is Cc1cn(S(C)(=O)=O)c(-c2ccc(N)cc2)n1. The van der Waals surface area contributed by atoms with E-state index >= 15 is 0 Å². The number of benzene rings is 1. The highest BCUT2D eigenvalue weighted by Crippen LogP contribution is 2.21. The Kier molecular flexibility index (Phi) is 2.66. The first-order valence-electron chi connectivity index (χ1n) is 5.00. The predicted molar refractivity (Wildman–Crippen MR) is 67.1 cm³/mol. The number of imidazole rings is 1. The maximum atomic E-state index is 11.6. The van der Waals surface area contributed by atoms with E-state index in [0.29, 0.717) is 17.2 Å². The van der Waals surface area contributed by atoms with Crippen molar-refractivity contribution in [1.82, 2.24) is 8.96 Å². The van der Waals surface area contributed by atoms with Gasteiger partial charge in [-0.05, 0) is 31.2 Å². The van der Waals surface area contributed by atoms with Crippen molar-refractivity contribution in [2.45, 2.75) is 6.92 Å². The van der Waals surface area contributed by atoms with Gasteiger partial charge in [0.15, 0.2) is 5.82 Å². The monoisotopic (exact) mass is 251 g/mol. The van der Waals surface area contributed by atoms with Crippen molar-refractivity contribution < 1.29 is 8.42 Å². The minimum Gasteiger partial charge on any atom is -0.399 e. The summed E-state index contributed by atoms with van der Waals surface area (Å²) < 4.78 is 24.4. The summed E-state index contributed by atoms with van der Waals surface area (Å²) in [7, 11) is -3.35. The molecule has 0 aliphatic rings. The van der Waals surface area contributed by atoms with Crippen LogP contribution in [0.1, 0.15) is 5.69 Å². The van der Waals surface area contributed by atoms with E-state index in [1.54, 1.807) is 31.2 Å². The van der Waals surface area contributed by atoms with Gasteiger partial charge in [0.2, 0.25) is 10.0 Å². The Morgan fingerprint density at radius 3 is 2.35 bits per heavy atom. The first-order chi connectivity index (χ1) is 7.88. The molecule has 0 saturated carbocycles. The molecule has 2 rings (SSSR count). The van der Waals surface area contributed by atoms with Gasteiger partial charge in [-0.1, -0.05) is 0 Å². The third-order valence-electron chi connectivity index (χ3n) is 2.32. The average molecular weight is 251 g/mol. The molecule has 1 aromatic heterocycles. The summed E-state index contributed by atoms with van der Waals surface area (Å²) in [5.74, 6) is 0.407. The second-order valence-corrected chi connectivity index (χ2v) is 5.75. The molecule has 0 saturated heterocycles. The van der Waals surface area contributed by atoms with E-state index in [0.717, 1.165) is 11.8 Å². The van der Waals surface area contributed by atoms with Crippen molar-refractivity contribution in [3.8, 4) is 11.4 Å². The molecular formula is C11H13N3O2S. The molecule has 17 heavy (non-hydrogen) atoms. The zero-order chi connectivity index (χ0) is 12.6. The van der Waals surface area contributed by atoms with Crippen LogP contribution in [0, 0.1) is 6.92 Å². The van der Waals surface area contributed by atoms with Crippen LogP contribution in [0.3, 0.4) is 0 Å². The number of aryl methyl sites for hydroxylation is 1. The fourth-order valence-electron chi connectivity index (χ4n) is 1.55. The third kappa shape index (κ3) is 2.31. The lowest BCUT2D eigenvalue weighted by Gasteiger charge is -2.05. The van der Waals surface area contributed by atoms with Crippen LogP contribution in [-0.2, 0) is 10.0 Å². The summed E-state index contributed by atoms with van der Waals surface area (Å²) in [6.07, 6.45) is 2.65. The van der Waals surface area contributed by atoms with Crippen LogP contribution >= 0.6 is 0 Å². The Hall–Kier alpha value is -1.82. The second kappa shape index (κ2) is 3.89. The van der Waals surface area contributed by atoms with Gasteiger partial charge in [-0.3, -0.25) is 0 Å². The lowest BCUT2D eigenvalue weighted by Crippen LogP contribution is -2.10. The van der Waals surface area contributed by atoms with Crippen molar-refractivity contribution in [3.05, 3.63) is 36.2 Å². The quantitative estimate of drug-likeness (QED) is 0.815. The van der Waals surface area contributed by atoms with E-state index < -0.39 is 10.0 Å². The number of nitrogens with two attached hydrogens (primary N) is 1. The Morgan fingerprint density at radius 2 is 1.82 bits per heavy atom. The molecule has 0 unspecified atom stereocenters. The molecule has 0 radical (unpaired) electrons. The molecule has 6 heteroatoms. The number of nitrogen functional groups attached to an aromatic ring is 1. The van der Waals surface area contributed by atoms with E-state index in [1.807, 2.05) is 0 Å². The minimum absolute atomic E-state index is 0.407. The molecule has 0 atom stereocenters. The van der Waals surface area contributed by atoms with Crippen molar-refractivity contribution in [3.63, 3.8) is 0 Å². The molecule has 0 fully saturated rings. The van der Waals surface area contributed by atoms with Crippen LogP contribution in [0.5, 0.6) is 0 Å². The van der Waals surface area contributed by atoms with Gasteiger partial charge in [0.1, 0.15) is 0 Å². The summed E-state index contributed by atoms with van der Waals surface area (Å²) in [6, 6.07) is 6.93. The lowest BCUT2D eigenvalue weighted by molar-refractivity contribution is 0.594. The number of anilines is 1. The highest BCUT2D eigenvalue weighted by atomic mass is 32.2. The molecule has 2 N–H and O–H groups in total. The van der Waals surface area contributed by atoms with Crippen LogP contribution < -0.4 is 5.73 Å². The number of hydrogen-bond donors (Lipinski definition) is 1. The number of aromatic nitrogens is 2. The Bertz CT molecular complexity index is 642. The first kappa shape index (κ1) is 11.7. The molecule has 90 valence electrons. The second-order valence-electron chi connectivity index (χ2n) is 3.89. The minimum atomic E-state index is -3.35. The highest BCUT2D eigenvalue weighted by molar-refractivity contribution is 7.89. The summed E-state index contributed by atoms with van der Waals surface area (Å²) in [6.45, 7) is 1.75. The summed E-state index contributed by atoms with van der Waals surface area (Å²) in [4.78, 5) is 4.22. The molecule has 1 heterocycles. The van der Waals surface area contributed by atoms with Crippen molar-refractivity contribution in [2.75, 3.05) is 12.0 Å². The molecule has 5 nitrogen and oxygen atoms in total. The number of nitrogens with zero attached hydrogens (tertiary/aromatic N) is 2. The van der Waals surface area contributed by atoms with Gasteiger partial charge >= 0.3 is 0 Å². The van der Waals surface area contributed by atoms with E-state index in [4.69, 9.17) is 5.73 Å². The molecule has 1 aromatic carbocycles. The standard InChI is InChI=1S/C11H13N3O2S/c1-8-7-14(17(2,15)16)11(13-8)9-3-5-10(12)6-4-9/h3-7H,12H2,1-2H3. The van der Waals surface area contributed by atoms with Gasteiger partial charge in [0, 0.05) is 17.4 Å². The zero-order valence-corrected chi connectivity index (χ0v) is 10.4. The Labute approximate surface area is 100.0 Å². The van der Waals surface area contributed by atoms with Gasteiger partial charge in [0.25, 0.3) is 0 Å². The molecule has 0 aliphatic carbocycles. The van der Waals surface area contributed by atoms with E-state index in [1.165, 1.54) is 10.2 Å². The summed E-state index contributed by atoms with van der Waals surface area (Å²) in [5, 5.41) is 0. The van der Waals surface area contributed by atoms with Crippen LogP contribution in [0.25, 0.3) is 11.4 Å². The molecule has 0 bridgehead atoms. The zero-order valence-electron chi connectivity index (χ0n) is 9.58. The highest BCUT2D eigenvalue weighted by Gasteiger charge is 2.15. The van der Waals surface area contributed by atoms with Gasteiger partial charge in [-0.2, -0.15) is 0 Å². The van der Waals surface area contributed by atoms with E-state index in [9.17, 15) is 8.42 Å². The van der Waals surface area contributed by atoms with Gasteiger partial charge in [-0.15, -0.1) is 0 Å². The number of rotatable bonds is 2. The van der Waals surface area contributed by atoms with Gasteiger partial charge < -0.3 is 5.73 Å². The van der Waals surface area contributed by atoms with E-state index in [2.05, 4.69) is 4.98 Å². The van der Waals surface area contributed by atoms with Crippen LogP contribution in [0.4, 0.5) is 5.69 Å². The normalized spacial score (nSPS) is 11.6. The lowest BCUT2D eigenvalue weighted by atomic mass is 10.2. The first-order valence-corrected chi connectivity index (χ1v) is 6.85. The topological polar surface area (TPSA) is 78.0 Å². The predicted octanol–water partition coefficient (Wildman–Crippen LogP) is 1.25.